The third-order valence-corrected chi connectivity index (χ3v) is 5.64. The second kappa shape index (κ2) is 8.30. The van der Waals surface area contributed by atoms with E-state index in [-0.39, 0.29) is 18.1 Å². The molecular weight excluding hydrogens is 314 g/mol. The Bertz CT molecular complexity index is 575. The van der Waals surface area contributed by atoms with Gasteiger partial charge in [0.15, 0.2) is 0 Å². The van der Waals surface area contributed by atoms with Gasteiger partial charge < -0.3 is 14.9 Å². The van der Waals surface area contributed by atoms with Crippen molar-refractivity contribution < 1.29 is 9.90 Å². The summed E-state index contributed by atoms with van der Waals surface area (Å²) in [5.74, 6) is 0.0865. The Morgan fingerprint density at radius 3 is 2.48 bits per heavy atom. The molecule has 1 amide bonds. The lowest BCUT2D eigenvalue weighted by molar-refractivity contribution is 0.0491. The van der Waals surface area contributed by atoms with Gasteiger partial charge in [0.25, 0.3) is 5.91 Å². The van der Waals surface area contributed by atoms with Gasteiger partial charge in [-0.25, -0.2) is 0 Å². The highest BCUT2D eigenvalue weighted by Gasteiger charge is 2.31. The fraction of sp³-hybridized carbons (Fsp3) is 0.650. The van der Waals surface area contributed by atoms with E-state index in [1.807, 2.05) is 36.1 Å². The molecule has 5 heteroatoms. The Labute approximate surface area is 151 Å². The number of benzene rings is 1. The van der Waals surface area contributed by atoms with E-state index in [0.29, 0.717) is 13.0 Å². The number of aliphatic hydroxyl groups is 1. The molecule has 2 fully saturated rings. The first-order valence-corrected chi connectivity index (χ1v) is 9.51. The van der Waals surface area contributed by atoms with Crippen LogP contribution < -0.4 is 0 Å². The molecule has 2 aliphatic rings. The topological polar surface area (TPSA) is 47.0 Å². The lowest BCUT2D eigenvalue weighted by Crippen LogP contribution is -2.45. The molecule has 2 atom stereocenters. The van der Waals surface area contributed by atoms with Crippen molar-refractivity contribution in [1.29, 1.82) is 0 Å². The van der Waals surface area contributed by atoms with Crippen LogP contribution in [-0.2, 0) is 0 Å². The number of hydrogen-bond acceptors (Lipinski definition) is 4. The highest BCUT2D eigenvalue weighted by Crippen LogP contribution is 2.20. The zero-order chi connectivity index (χ0) is 17.8. The molecule has 2 heterocycles. The van der Waals surface area contributed by atoms with E-state index >= 15 is 0 Å². The van der Waals surface area contributed by atoms with Gasteiger partial charge in [0.1, 0.15) is 0 Å². The van der Waals surface area contributed by atoms with E-state index in [1.165, 1.54) is 0 Å². The van der Waals surface area contributed by atoms with Gasteiger partial charge in [-0.05, 0) is 58.5 Å². The Balaban J connectivity index is 1.64. The van der Waals surface area contributed by atoms with Gasteiger partial charge in [0.2, 0.25) is 0 Å². The Kier molecular flexibility index (Phi) is 6.10. The fourth-order valence-corrected chi connectivity index (χ4v) is 3.98. The second-order valence-electron chi connectivity index (χ2n) is 7.56. The Morgan fingerprint density at radius 1 is 1.00 bits per heavy atom. The van der Waals surface area contributed by atoms with E-state index in [1.54, 1.807) is 0 Å². The minimum Gasteiger partial charge on any atom is -0.391 e. The van der Waals surface area contributed by atoms with Crippen LogP contribution in [0.15, 0.2) is 24.3 Å². The predicted molar refractivity (Wildman–Crippen MR) is 99.8 cm³/mol. The maximum atomic E-state index is 12.8. The van der Waals surface area contributed by atoms with Gasteiger partial charge >= 0.3 is 0 Å². The molecule has 2 aliphatic heterocycles. The monoisotopic (exact) mass is 345 g/mol. The van der Waals surface area contributed by atoms with Crippen LogP contribution in [0.4, 0.5) is 0 Å². The number of rotatable bonds is 2. The molecule has 3 rings (SSSR count). The number of nitrogens with zero attached hydrogens (tertiary/aromatic N) is 3. The summed E-state index contributed by atoms with van der Waals surface area (Å²) in [4.78, 5) is 19.5. The molecule has 5 nitrogen and oxygen atoms in total. The first-order valence-electron chi connectivity index (χ1n) is 9.51. The number of carbonyl (C=O) groups is 1. The van der Waals surface area contributed by atoms with Crippen molar-refractivity contribution in [2.75, 3.05) is 46.3 Å². The highest BCUT2D eigenvalue weighted by molar-refractivity contribution is 5.94. The summed E-state index contributed by atoms with van der Waals surface area (Å²) >= 11 is 0. The van der Waals surface area contributed by atoms with Crippen molar-refractivity contribution in [3.63, 3.8) is 0 Å². The van der Waals surface area contributed by atoms with Crippen LogP contribution in [0.3, 0.4) is 0 Å². The maximum Gasteiger partial charge on any atom is 0.253 e. The summed E-state index contributed by atoms with van der Waals surface area (Å²) < 4.78 is 0. The lowest BCUT2D eigenvalue weighted by atomic mass is 10.0. The van der Waals surface area contributed by atoms with Gasteiger partial charge in [0.05, 0.1) is 6.10 Å². The molecule has 2 saturated heterocycles. The number of hydrogen-bond donors (Lipinski definition) is 1. The summed E-state index contributed by atoms with van der Waals surface area (Å²) in [6.07, 6.45) is 2.31. The molecule has 0 aromatic heterocycles. The summed E-state index contributed by atoms with van der Waals surface area (Å²) in [6, 6.07) is 7.94. The number of carbonyl (C=O) groups excluding carboxylic acids is 1. The molecule has 138 valence electrons. The molecule has 0 bridgehead atoms. The van der Waals surface area contributed by atoms with Crippen molar-refractivity contribution in [2.45, 2.75) is 38.3 Å². The van der Waals surface area contributed by atoms with E-state index in [9.17, 15) is 9.90 Å². The normalized spacial score (nSPS) is 26.9. The average Bonchev–Trinajstić information content (AvgIpc) is 2.93. The summed E-state index contributed by atoms with van der Waals surface area (Å²) in [6.45, 7) is 7.60. The van der Waals surface area contributed by atoms with Crippen LogP contribution in [-0.4, -0.2) is 84.2 Å². The van der Waals surface area contributed by atoms with Crippen LogP contribution in [0.5, 0.6) is 0 Å². The molecule has 25 heavy (non-hydrogen) atoms. The van der Waals surface area contributed by atoms with Gasteiger partial charge in [-0.1, -0.05) is 17.7 Å². The summed E-state index contributed by atoms with van der Waals surface area (Å²) in [7, 11) is 2.16. The largest absolute Gasteiger partial charge is 0.391 e. The van der Waals surface area contributed by atoms with Crippen LogP contribution in [0.2, 0.25) is 0 Å². The summed E-state index contributed by atoms with van der Waals surface area (Å²) in [5, 5.41) is 10.7. The van der Waals surface area contributed by atoms with E-state index in [2.05, 4.69) is 16.8 Å². The average molecular weight is 345 g/mol. The number of likely N-dealkylation sites (N-methyl/N-ethyl adjacent to an activating group) is 1. The first-order chi connectivity index (χ1) is 12.0. The lowest BCUT2D eigenvalue weighted by Gasteiger charge is -2.32. The molecular formula is C20H31N3O2. The van der Waals surface area contributed by atoms with Gasteiger partial charge in [-0.2, -0.15) is 0 Å². The molecule has 1 N–H and O–H groups in total. The molecule has 1 aromatic rings. The summed E-state index contributed by atoms with van der Waals surface area (Å²) in [5.41, 5.74) is 1.91. The van der Waals surface area contributed by atoms with Crippen LogP contribution >= 0.6 is 0 Å². The quantitative estimate of drug-likeness (QED) is 0.884. The number of amides is 1. The fourth-order valence-electron chi connectivity index (χ4n) is 3.98. The third kappa shape index (κ3) is 4.60. The number of aliphatic hydroxyl groups excluding tert-OH is 1. The zero-order valence-electron chi connectivity index (χ0n) is 15.5. The predicted octanol–water partition coefficient (Wildman–Crippen LogP) is 1.60. The van der Waals surface area contributed by atoms with Crippen molar-refractivity contribution >= 4 is 5.91 Å². The van der Waals surface area contributed by atoms with Crippen molar-refractivity contribution in [1.82, 2.24) is 14.7 Å². The minimum absolute atomic E-state index is 0.0865. The number of aryl methyl sites for hydroxylation is 1. The van der Waals surface area contributed by atoms with Crippen LogP contribution in [0.1, 0.15) is 35.2 Å². The van der Waals surface area contributed by atoms with Crippen molar-refractivity contribution in [3.05, 3.63) is 35.4 Å². The van der Waals surface area contributed by atoms with E-state index < -0.39 is 0 Å². The van der Waals surface area contributed by atoms with E-state index in [4.69, 9.17) is 0 Å². The minimum atomic E-state index is -0.348. The zero-order valence-corrected chi connectivity index (χ0v) is 15.5. The Hall–Kier alpha value is -1.43. The standard InChI is InChI=1S/C20H31N3O2/c1-16-4-6-17(7-5-16)20(25)23-12-8-18(19(24)9-13-23)22-11-3-10-21(2)14-15-22/h4-7,18-19,24H,3,8-15H2,1-2H3/t18-,19-/m0/s1. The van der Waals surface area contributed by atoms with Crippen LogP contribution in [0.25, 0.3) is 0 Å². The Morgan fingerprint density at radius 2 is 1.72 bits per heavy atom. The molecule has 0 saturated carbocycles. The first kappa shape index (κ1) is 18.4. The highest BCUT2D eigenvalue weighted by atomic mass is 16.3. The van der Waals surface area contributed by atoms with Crippen molar-refractivity contribution in [2.24, 2.45) is 0 Å². The third-order valence-electron chi connectivity index (χ3n) is 5.64. The van der Waals surface area contributed by atoms with Gasteiger partial charge in [-0.3, -0.25) is 9.69 Å². The van der Waals surface area contributed by atoms with Crippen LogP contribution in [0, 0.1) is 6.92 Å². The second-order valence-corrected chi connectivity index (χ2v) is 7.56. The van der Waals surface area contributed by atoms with Gasteiger partial charge in [0, 0.05) is 37.8 Å². The van der Waals surface area contributed by atoms with Crippen molar-refractivity contribution in [3.8, 4) is 0 Å². The number of likely N-dealkylation sites (tertiary alicyclic amines) is 1. The van der Waals surface area contributed by atoms with E-state index in [0.717, 1.165) is 56.7 Å². The smallest absolute Gasteiger partial charge is 0.253 e. The molecule has 0 spiro atoms. The molecule has 1 aromatic carbocycles. The molecule has 0 radical (unpaired) electrons. The molecule has 0 unspecified atom stereocenters. The maximum absolute atomic E-state index is 12.8. The SMILES string of the molecule is Cc1ccc(C(=O)N2CC[C@H](O)[C@@H](N3CCCN(C)CC3)CC2)cc1. The molecule has 0 aliphatic carbocycles. The van der Waals surface area contributed by atoms with Gasteiger partial charge in [-0.15, -0.1) is 0 Å².